The Morgan fingerprint density at radius 2 is 1.83 bits per heavy atom. The summed E-state index contributed by atoms with van der Waals surface area (Å²) in [5.41, 5.74) is 0. The van der Waals surface area contributed by atoms with Gasteiger partial charge in [-0.1, -0.05) is 25.7 Å². The molecule has 7 nitrogen and oxygen atoms in total. The lowest BCUT2D eigenvalue weighted by atomic mass is 9.86. The number of hydrogen-bond donors (Lipinski definition) is 2. The van der Waals surface area contributed by atoms with Crippen LogP contribution in [0.25, 0.3) is 0 Å². The Morgan fingerprint density at radius 3 is 2.39 bits per heavy atom. The molecule has 0 radical (unpaired) electrons. The zero-order valence-electron chi connectivity index (χ0n) is 12.9. The van der Waals surface area contributed by atoms with Crippen LogP contribution in [0.4, 0.5) is 0 Å². The van der Waals surface area contributed by atoms with E-state index in [4.69, 9.17) is 4.42 Å². The van der Waals surface area contributed by atoms with Crippen molar-refractivity contribution in [3.05, 3.63) is 17.9 Å². The van der Waals surface area contributed by atoms with E-state index in [-0.39, 0.29) is 10.9 Å². The molecule has 128 valence electrons. The van der Waals surface area contributed by atoms with Gasteiger partial charge in [0.05, 0.1) is 5.92 Å². The van der Waals surface area contributed by atoms with Crippen molar-refractivity contribution in [3.8, 4) is 0 Å². The van der Waals surface area contributed by atoms with Gasteiger partial charge in [0.25, 0.3) is 5.91 Å². The maximum absolute atomic E-state index is 12.2. The molecular formula is C15H21NO6S. The first kappa shape index (κ1) is 17.5. The van der Waals surface area contributed by atoms with Crippen LogP contribution in [0.15, 0.2) is 21.6 Å². The second-order valence-electron chi connectivity index (χ2n) is 5.91. The summed E-state index contributed by atoms with van der Waals surface area (Å²) in [6.07, 6.45) is 5.78. The van der Waals surface area contributed by atoms with Crippen LogP contribution in [0.1, 0.15) is 49.1 Å². The molecule has 1 saturated carbocycles. The first-order valence-electron chi connectivity index (χ1n) is 7.62. The molecule has 0 aromatic carbocycles. The number of carbonyl (C=O) groups excluding carboxylic acids is 1. The molecule has 0 bridgehead atoms. The number of carboxylic acids is 1. The van der Waals surface area contributed by atoms with Crippen molar-refractivity contribution in [2.75, 3.05) is 6.26 Å². The number of carboxylic acid groups (broad SMARTS) is 1. The second-order valence-corrected chi connectivity index (χ2v) is 7.85. The van der Waals surface area contributed by atoms with Crippen molar-refractivity contribution in [1.82, 2.24) is 5.32 Å². The fourth-order valence-electron chi connectivity index (χ4n) is 2.83. The summed E-state index contributed by atoms with van der Waals surface area (Å²) in [6, 6.07) is 2.02. The van der Waals surface area contributed by atoms with Gasteiger partial charge in [0.1, 0.15) is 0 Å². The molecule has 1 aliphatic carbocycles. The van der Waals surface area contributed by atoms with Crippen molar-refractivity contribution in [2.24, 2.45) is 5.92 Å². The number of amides is 1. The molecular weight excluding hydrogens is 322 g/mol. The number of furan rings is 1. The smallest absolute Gasteiger partial charge is 0.308 e. The van der Waals surface area contributed by atoms with E-state index in [1.807, 2.05) is 0 Å². The standard InChI is InChI=1S/C15H21NO6S/c1-23(20,21)13-9-8-12(22-13)14(17)16-11-7-5-3-2-4-6-10(11)15(18)19/h8-11H,2-7H2,1H3,(H,16,17)(H,18,19). The third-order valence-corrected chi connectivity index (χ3v) is 5.02. The molecule has 2 N–H and O–H groups in total. The summed E-state index contributed by atoms with van der Waals surface area (Å²) in [4.78, 5) is 23.7. The number of sulfone groups is 1. The number of aliphatic carboxylic acids is 1. The molecule has 8 heteroatoms. The van der Waals surface area contributed by atoms with Gasteiger partial charge in [0.15, 0.2) is 5.76 Å². The van der Waals surface area contributed by atoms with Gasteiger partial charge in [-0.2, -0.15) is 0 Å². The summed E-state index contributed by atoms with van der Waals surface area (Å²) in [7, 11) is -3.52. The predicted molar refractivity (Wildman–Crippen MR) is 81.9 cm³/mol. The Labute approximate surface area is 135 Å². The molecule has 1 heterocycles. The van der Waals surface area contributed by atoms with Crippen LogP contribution in [0.3, 0.4) is 0 Å². The Bertz CT molecular complexity index is 678. The van der Waals surface area contributed by atoms with E-state index in [0.29, 0.717) is 12.8 Å². The van der Waals surface area contributed by atoms with E-state index in [0.717, 1.165) is 31.9 Å². The highest BCUT2D eigenvalue weighted by Gasteiger charge is 2.31. The lowest BCUT2D eigenvalue weighted by Gasteiger charge is -2.26. The molecule has 1 amide bonds. The van der Waals surface area contributed by atoms with Crippen LogP contribution in [0.5, 0.6) is 0 Å². The quantitative estimate of drug-likeness (QED) is 0.862. The highest BCUT2D eigenvalue weighted by Crippen LogP contribution is 2.24. The third kappa shape index (κ3) is 4.57. The maximum Gasteiger partial charge on any atom is 0.308 e. The Hall–Kier alpha value is -1.83. The zero-order valence-corrected chi connectivity index (χ0v) is 13.8. The summed E-state index contributed by atoms with van der Waals surface area (Å²) < 4.78 is 27.8. The number of rotatable bonds is 4. The van der Waals surface area contributed by atoms with Crippen molar-refractivity contribution < 1.29 is 27.5 Å². The number of carbonyl (C=O) groups is 2. The van der Waals surface area contributed by atoms with Crippen molar-refractivity contribution in [3.63, 3.8) is 0 Å². The van der Waals surface area contributed by atoms with E-state index in [1.54, 1.807) is 0 Å². The normalized spacial score (nSPS) is 22.8. The molecule has 0 saturated heterocycles. The monoisotopic (exact) mass is 343 g/mol. The molecule has 23 heavy (non-hydrogen) atoms. The summed E-state index contributed by atoms with van der Waals surface area (Å²) in [5, 5.41) is 11.8. The van der Waals surface area contributed by atoms with E-state index < -0.39 is 33.7 Å². The average molecular weight is 343 g/mol. The van der Waals surface area contributed by atoms with Gasteiger partial charge < -0.3 is 14.8 Å². The summed E-state index contributed by atoms with van der Waals surface area (Å²) in [6.45, 7) is 0. The Morgan fingerprint density at radius 1 is 1.17 bits per heavy atom. The van der Waals surface area contributed by atoms with Crippen LogP contribution in [0, 0.1) is 5.92 Å². The third-order valence-electron chi connectivity index (χ3n) is 4.07. The van der Waals surface area contributed by atoms with Gasteiger partial charge in [-0.05, 0) is 25.0 Å². The second kappa shape index (κ2) is 7.16. The number of nitrogens with one attached hydrogen (secondary N) is 1. The van der Waals surface area contributed by atoms with Gasteiger partial charge in [-0.25, -0.2) is 8.42 Å². The van der Waals surface area contributed by atoms with E-state index in [1.165, 1.54) is 12.1 Å². The van der Waals surface area contributed by atoms with Crippen molar-refractivity contribution in [2.45, 2.75) is 49.7 Å². The average Bonchev–Trinajstić information content (AvgIpc) is 2.91. The highest BCUT2D eigenvalue weighted by atomic mass is 32.2. The first-order valence-corrected chi connectivity index (χ1v) is 9.52. The van der Waals surface area contributed by atoms with Gasteiger partial charge in [-0.15, -0.1) is 0 Å². The lowest BCUT2D eigenvalue weighted by Crippen LogP contribution is -2.43. The minimum absolute atomic E-state index is 0.128. The lowest BCUT2D eigenvalue weighted by molar-refractivity contribution is -0.143. The van der Waals surface area contributed by atoms with Crippen LogP contribution in [-0.4, -0.2) is 37.7 Å². The van der Waals surface area contributed by atoms with Gasteiger partial charge in [-0.3, -0.25) is 9.59 Å². The van der Waals surface area contributed by atoms with Crippen LogP contribution in [0.2, 0.25) is 0 Å². The Kier molecular flexibility index (Phi) is 5.46. The van der Waals surface area contributed by atoms with Gasteiger partial charge in [0.2, 0.25) is 14.9 Å². The first-order chi connectivity index (χ1) is 10.8. The molecule has 0 aliphatic heterocycles. The van der Waals surface area contributed by atoms with Crippen molar-refractivity contribution in [1.29, 1.82) is 0 Å². The topological polar surface area (TPSA) is 114 Å². The minimum Gasteiger partial charge on any atom is -0.481 e. The van der Waals surface area contributed by atoms with Gasteiger partial charge >= 0.3 is 5.97 Å². The van der Waals surface area contributed by atoms with Crippen molar-refractivity contribution >= 4 is 21.7 Å². The van der Waals surface area contributed by atoms with Crippen LogP contribution in [-0.2, 0) is 14.6 Å². The summed E-state index contributed by atoms with van der Waals surface area (Å²) >= 11 is 0. The fourth-order valence-corrected chi connectivity index (χ4v) is 3.39. The predicted octanol–water partition coefficient (Wildman–Crippen LogP) is 1.84. The molecule has 2 unspecified atom stereocenters. The maximum atomic E-state index is 12.2. The molecule has 1 fully saturated rings. The molecule has 2 atom stereocenters. The highest BCUT2D eigenvalue weighted by molar-refractivity contribution is 7.90. The Balaban J connectivity index is 2.12. The minimum atomic E-state index is -3.52. The van der Waals surface area contributed by atoms with Crippen LogP contribution >= 0.6 is 0 Å². The van der Waals surface area contributed by atoms with E-state index >= 15 is 0 Å². The fraction of sp³-hybridized carbons (Fsp3) is 0.600. The van der Waals surface area contributed by atoms with Gasteiger partial charge in [0, 0.05) is 12.3 Å². The largest absolute Gasteiger partial charge is 0.481 e. The summed E-state index contributed by atoms with van der Waals surface area (Å²) in [5.74, 6) is -2.27. The van der Waals surface area contributed by atoms with E-state index in [9.17, 15) is 23.1 Å². The SMILES string of the molecule is CS(=O)(=O)c1ccc(C(=O)NC2CCCCCCC2C(=O)O)o1. The molecule has 1 aromatic heterocycles. The molecule has 0 spiro atoms. The molecule has 2 rings (SSSR count). The number of hydrogen-bond acceptors (Lipinski definition) is 5. The molecule has 1 aliphatic rings. The van der Waals surface area contributed by atoms with E-state index in [2.05, 4.69) is 5.32 Å². The zero-order chi connectivity index (χ0) is 17.0. The van der Waals surface area contributed by atoms with Crippen LogP contribution < -0.4 is 5.32 Å². The molecule has 1 aromatic rings.